The van der Waals surface area contributed by atoms with Gasteiger partial charge in [-0.1, -0.05) is 119 Å². The van der Waals surface area contributed by atoms with Crippen molar-refractivity contribution in [1.29, 1.82) is 0 Å². The summed E-state index contributed by atoms with van der Waals surface area (Å²) in [7, 11) is -0.273. The molecule has 0 bridgehead atoms. The van der Waals surface area contributed by atoms with Crippen molar-refractivity contribution in [2.45, 2.75) is 105 Å². The van der Waals surface area contributed by atoms with Gasteiger partial charge in [0.2, 0.25) is 0 Å². The summed E-state index contributed by atoms with van der Waals surface area (Å²) in [4.78, 5) is 0. The fourth-order valence-corrected chi connectivity index (χ4v) is 6.78. The van der Waals surface area contributed by atoms with Crippen LogP contribution in [0.2, 0.25) is 0 Å². The SMILES string of the molecule is COc1ccc(OP(Oc2cc3ccc(C(C)(C)C)cc3cc2C(C)(C)C)Oc2cc3ccc(C(C)(C)C)cc3cc2C(C)(C)C)cc1. The average Bonchev–Trinajstić information content (AvgIpc) is 2.98. The maximum absolute atomic E-state index is 6.87. The molecular formula is C43H53O4P. The second-order valence-corrected chi connectivity index (χ2v) is 18.0. The number of hydrogen-bond donors (Lipinski definition) is 0. The first-order valence-electron chi connectivity index (χ1n) is 16.9. The van der Waals surface area contributed by atoms with E-state index in [1.54, 1.807) is 7.11 Å². The number of rotatable bonds is 7. The second-order valence-electron chi connectivity index (χ2n) is 17.0. The molecule has 5 aromatic rings. The fourth-order valence-electron chi connectivity index (χ4n) is 5.75. The van der Waals surface area contributed by atoms with Crippen LogP contribution in [0.25, 0.3) is 21.5 Å². The first kappa shape index (κ1) is 35.6. The van der Waals surface area contributed by atoms with Crippen molar-refractivity contribution in [2.75, 3.05) is 7.11 Å². The van der Waals surface area contributed by atoms with Crippen molar-refractivity contribution >= 4 is 30.1 Å². The van der Waals surface area contributed by atoms with Gasteiger partial charge in [0, 0.05) is 11.1 Å². The Morgan fingerprint density at radius 3 is 1.15 bits per heavy atom. The van der Waals surface area contributed by atoms with Crippen LogP contribution in [-0.2, 0) is 21.7 Å². The Kier molecular flexibility index (Phi) is 9.58. The number of benzene rings is 5. The summed E-state index contributed by atoms with van der Waals surface area (Å²) < 4.78 is 25.7. The van der Waals surface area contributed by atoms with Crippen LogP contribution in [0.5, 0.6) is 23.0 Å². The van der Waals surface area contributed by atoms with E-state index in [2.05, 4.69) is 144 Å². The highest BCUT2D eigenvalue weighted by atomic mass is 31.2. The minimum Gasteiger partial charge on any atom is -0.497 e. The Morgan fingerprint density at radius 1 is 0.396 bits per heavy atom. The smallest absolute Gasteiger partial charge is 0.497 e. The van der Waals surface area contributed by atoms with E-state index in [1.807, 2.05) is 24.3 Å². The highest BCUT2D eigenvalue weighted by Crippen LogP contribution is 2.49. The van der Waals surface area contributed by atoms with Crippen molar-refractivity contribution in [3.05, 3.63) is 107 Å². The first-order chi connectivity index (χ1) is 22.2. The summed E-state index contributed by atoms with van der Waals surface area (Å²) in [5.41, 5.74) is 4.53. The lowest BCUT2D eigenvalue weighted by molar-refractivity contribution is 0.376. The van der Waals surface area contributed by atoms with Crippen molar-refractivity contribution in [3.63, 3.8) is 0 Å². The summed E-state index contributed by atoms with van der Waals surface area (Å²) in [5, 5.41) is 4.61. The van der Waals surface area contributed by atoms with E-state index in [0.29, 0.717) is 5.75 Å². The van der Waals surface area contributed by atoms with Gasteiger partial charge in [-0.2, -0.15) is 0 Å². The zero-order valence-corrected chi connectivity index (χ0v) is 32.1. The summed E-state index contributed by atoms with van der Waals surface area (Å²) in [6, 6.07) is 29.8. The molecule has 0 saturated heterocycles. The largest absolute Gasteiger partial charge is 0.530 e. The molecule has 0 aromatic heterocycles. The predicted octanol–water partition coefficient (Wildman–Crippen LogP) is 13.0. The van der Waals surface area contributed by atoms with Gasteiger partial charge in [0.1, 0.15) is 23.0 Å². The fraction of sp³-hybridized carbons (Fsp3) is 0.395. The van der Waals surface area contributed by atoms with Gasteiger partial charge in [-0.15, -0.1) is 0 Å². The van der Waals surface area contributed by atoms with Crippen LogP contribution in [0.1, 0.15) is 105 Å². The lowest BCUT2D eigenvalue weighted by atomic mass is 9.83. The van der Waals surface area contributed by atoms with Crippen LogP contribution >= 0.6 is 8.60 Å². The quantitative estimate of drug-likeness (QED) is 0.162. The van der Waals surface area contributed by atoms with Crippen molar-refractivity contribution < 1.29 is 18.3 Å². The van der Waals surface area contributed by atoms with Gasteiger partial charge in [0.15, 0.2) is 0 Å². The molecule has 0 aliphatic carbocycles. The van der Waals surface area contributed by atoms with Gasteiger partial charge in [0.05, 0.1) is 7.11 Å². The third-order valence-corrected chi connectivity index (χ3v) is 9.86. The molecule has 0 aliphatic heterocycles. The molecule has 254 valence electrons. The van der Waals surface area contributed by atoms with E-state index in [4.69, 9.17) is 18.3 Å². The number of methoxy groups -OCH3 is 1. The molecule has 0 heterocycles. The highest BCUT2D eigenvalue weighted by molar-refractivity contribution is 7.43. The van der Waals surface area contributed by atoms with Crippen LogP contribution in [0, 0.1) is 0 Å². The summed E-state index contributed by atoms with van der Waals surface area (Å²) in [5.74, 6) is 2.91. The number of ether oxygens (including phenoxy) is 1. The average molecular weight is 665 g/mol. The third kappa shape index (κ3) is 8.09. The minimum absolute atomic E-state index is 0.0541. The van der Waals surface area contributed by atoms with Crippen LogP contribution < -0.4 is 18.3 Å². The molecule has 48 heavy (non-hydrogen) atoms. The lowest BCUT2D eigenvalue weighted by Gasteiger charge is -2.28. The van der Waals surface area contributed by atoms with Crippen molar-refractivity contribution in [3.8, 4) is 23.0 Å². The Balaban J connectivity index is 1.63. The van der Waals surface area contributed by atoms with Crippen LogP contribution in [-0.4, -0.2) is 7.11 Å². The van der Waals surface area contributed by atoms with E-state index < -0.39 is 8.60 Å². The predicted molar refractivity (Wildman–Crippen MR) is 204 cm³/mol. The minimum atomic E-state index is -1.93. The summed E-state index contributed by atoms with van der Waals surface area (Å²) >= 11 is 0. The van der Waals surface area contributed by atoms with Crippen molar-refractivity contribution in [1.82, 2.24) is 0 Å². The molecule has 0 N–H and O–H groups in total. The van der Waals surface area contributed by atoms with Gasteiger partial charge in [-0.05, 0) is 103 Å². The van der Waals surface area contributed by atoms with E-state index in [0.717, 1.165) is 39.1 Å². The first-order valence-corrected chi connectivity index (χ1v) is 18.0. The molecule has 0 aliphatic rings. The Morgan fingerprint density at radius 2 is 0.792 bits per heavy atom. The molecule has 0 saturated carbocycles. The maximum atomic E-state index is 6.87. The molecular weight excluding hydrogens is 611 g/mol. The van der Waals surface area contributed by atoms with E-state index >= 15 is 0 Å². The van der Waals surface area contributed by atoms with Gasteiger partial charge < -0.3 is 18.3 Å². The molecule has 5 aromatic carbocycles. The van der Waals surface area contributed by atoms with Crippen LogP contribution in [0.4, 0.5) is 0 Å². The van der Waals surface area contributed by atoms with Gasteiger partial charge in [0.25, 0.3) is 0 Å². The Bertz CT molecular complexity index is 1800. The molecule has 0 unspecified atom stereocenters. The molecule has 5 heteroatoms. The van der Waals surface area contributed by atoms with Crippen molar-refractivity contribution in [2.24, 2.45) is 0 Å². The highest BCUT2D eigenvalue weighted by Gasteiger charge is 2.30. The summed E-state index contributed by atoms with van der Waals surface area (Å²) in [6.07, 6.45) is 0. The van der Waals surface area contributed by atoms with E-state index in [1.165, 1.54) is 21.9 Å². The second kappa shape index (κ2) is 12.9. The normalized spacial score (nSPS) is 12.9. The monoisotopic (exact) mass is 664 g/mol. The zero-order chi connectivity index (χ0) is 35.2. The molecule has 0 amide bonds. The zero-order valence-electron chi connectivity index (χ0n) is 31.2. The van der Waals surface area contributed by atoms with Gasteiger partial charge >= 0.3 is 8.60 Å². The van der Waals surface area contributed by atoms with Crippen LogP contribution in [0.3, 0.4) is 0 Å². The maximum Gasteiger partial charge on any atom is 0.530 e. The molecule has 0 atom stereocenters. The van der Waals surface area contributed by atoms with E-state index in [9.17, 15) is 0 Å². The third-order valence-electron chi connectivity index (χ3n) is 8.81. The Hall–Kier alpha value is -3.75. The van der Waals surface area contributed by atoms with E-state index in [-0.39, 0.29) is 21.7 Å². The number of fused-ring (bicyclic) bond motifs is 2. The van der Waals surface area contributed by atoms with Gasteiger partial charge in [-0.25, -0.2) is 0 Å². The molecule has 0 fully saturated rings. The van der Waals surface area contributed by atoms with Crippen LogP contribution in [0.15, 0.2) is 84.9 Å². The summed E-state index contributed by atoms with van der Waals surface area (Å²) in [6.45, 7) is 26.8. The lowest BCUT2D eigenvalue weighted by Crippen LogP contribution is -2.16. The number of hydrogen-bond acceptors (Lipinski definition) is 4. The molecule has 0 radical (unpaired) electrons. The molecule has 0 spiro atoms. The molecule has 5 rings (SSSR count). The van der Waals surface area contributed by atoms with Gasteiger partial charge in [-0.3, -0.25) is 0 Å². The molecule has 4 nitrogen and oxygen atoms in total. The standard InChI is InChI=1S/C43H53O4P/c1-40(2,3)32-16-14-28-26-38(36(42(7,8)9)24-30(28)22-32)46-48(45-35-20-18-34(44-13)19-21-35)47-39-27-29-15-17-33(41(4,5)6)23-31(29)25-37(39)43(10,11)12/h14-27H,1-13H3. The topological polar surface area (TPSA) is 36.9 Å². The Labute approximate surface area is 289 Å².